The van der Waals surface area contributed by atoms with Crippen LogP contribution in [0.15, 0.2) is 42.5 Å². The minimum absolute atomic E-state index is 0.174. The predicted octanol–water partition coefficient (Wildman–Crippen LogP) is 4.36. The van der Waals surface area contributed by atoms with E-state index in [9.17, 15) is 4.79 Å². The first kappa shape index (κ1) is 17.6. The molecule has 0 spiro atoms. The number of methoxy groups -OCH3 is 1. The van der Waals surface area contributed by atoms with E-state index in [-0.39, 0.29) is 5.91 Å². The second-order valence-corrected chi connectivity index (χ2v) is 5.46. The lowest BCUT2D eigenvalue weighted by atomic mass is 10.1. The van der Waals surface area contributed by atoms with E-state index < -0.39 is 0 Å². The standard InChI is InChI=1S/C20H23NO3/c1-5-24-19-13-16(7-10-18(19)23-4)8-11-20(22)21-17-9-6-14(2)15(3)12-17/h6-13H,5H2,1-4H3,(H,21,22)/b11-8+. The summed E-state index contributed by atoms with van der Waals surface area (Å²) in [6.07, 6.45) is 3.26. The number of carbonyl (C=O) groups is 1. The van der Waals surface area contributed by atoms with Crippen molar-refractivity contribution in [3.63, 3.8) is 0 Å². The van der Waals surface area contributed by atoms with Gasteiger partial charge in [0, 0.05) is 11.8 Å². The van der Waals surface area contributed by atoms with Crippen molar-refractivity contribution in [2.24, 2.45) is 0 Å². The molecule has 0 aliphatic carbocycles. The molecular formula is C20H23NO3. The van der Waals surface area contributed by atoms with Gasteiger partial charge in [0.25, 0.3) is 0 Å². The van der Waals surface area contributed by atoms with Gasteiger partial charge in [-0.2, -0.15) is 0 Å². The van der Waals surface area contributed by atoms with E-state index in [2.05, 4.69) is 5.32 Å². The topological polar surface area (TPSA) is 47.6 Å². The normalized spacial score (nSPS) is 10.7. The number of carbonyl (C=O) groups excluding carboxylic acids is 1. The van der Waals surface area contributed by atoms with Crippen LogP contribution < -0.4 is 14.8 Å². The maximum absolute atomic E-state index is 12.1. The summed E-state index contributed by atoms with van der Waals surface area (Å²) in [5.74, 6) is 1.16. The van der Waals surface area contributed by atoms with Gasteiger partial charge in [-0.05, 0) is 67.8 Å². The summed E-state index contributed by atoms with van der Waals surface area (Å²) in [7, 11) is 1.60. The number of amides is 1. The molecule has 2 rings (SSSR count). The van der Waals surface area contributed by atoms with Crippen LogP contribution in [0.2, 0.25) is 0 Å². The third kappa shape index (κ3) is 4.62. The fraction of sp³-hybridized carbons (Fsp3) is 0.250. The Morgan fingerprint density at radius 1 is 1.08 bits per heavy atom. The quantitative estimate of drug-likeness (QED) is 0.803. The van der Waals surface area contributed by atoms with E-state index in [1.165, 1.54) is 11.6 Å². The fourth-order valence-electron chi connectivity index (χ4n) is 2.24. The van der Waals surface area contributed by atoms with Crippen molar-refractivity contribution in [2.45, 2.75) is 20.8 Å². The number of benzene rings is 2. The van der Waals surface area contributed by atoms with E-state index in [0.29, 0.717) is 18.1 Å². The molecule has 0 saturated heterocycles. The SMILES string of the molecule is CCOc1cc(/C=C/C(=O)Nc2ccc(C)c(C)c2)ccc1OC. The fourth-order valence-corrected chi connectivity index (χ4v) is 2.24. The van der Waals surface area contributed by atoms with Crippen LogP contribution in [0.25, 0.3) is 6.08 Å². The van der Waals surface area contributed by atoms with Crippen molar-refractivity contribution >= 4 is 17.7 Å². The number of anilines is 1. The maximum Gasteiger partial charge on any atom is 0.248 e. The van der Waals surface area contributed by atoms with Crippen LogP contribution in [-0.4, -0.2) is 19.6 Å². The highest BCUT2D eigenvalue weighted by molar-refractivity contribution is 6.02. The Bertz CT molecular complexity index is 751. The number of rotatable bonds is 6. The summed E-state index contributed by atoms with van der Waals surface area (Å²) >= 11 is 0. The number of nitrogens with one attached hydrogen (secondary N) is 1. The van der Waals surface area contributed by atoms with Gasteiger partial charge in [0.15, 0.2) is 11.5 Å². The van der Waals surface area contributed by atoms with E-state index >= 15 is 0 Å². The van der Waals surface area contributed by atoms with E-state index in [0.717, 1.165) is 16.8 Å². The highest BCUT2D eigenvalue weighted by atomic mass is 16.5. The maximum atomic E-state index is 12.1. The van der Waals surface area contributed by atoms with E-state index in [1.807, 2.05) is 57.2 Å². The van der Waals surface area contributed by atoms with Crippen LogP contribution in [0.5, 0.6) is 11.5 Å². The van der Waals surface area contributed by atoms with Crippen molar-refractivity contribution in [3.8, 4) is 11.5 Å². The molecule has 0 bridgehead atoms. The molecule has 2 aromatic carbocycles. The first-order chi connectivity index (χ1) is 11.5. The van der Waals surface area contributed by atoms with Gasteiger partial charge >= 0.3 is 0 Å². The van der Waals surface area contributed by atoms with Gasteiger partial charge in [0.05, 0.1) is 13.7 Å². The van der Waals surface area contributed by atoms with Gasteiger partial charge in [0.1, 0.15) is 0 Å². The molecular weight excluding hydrogens is 302 g/mol. The van der Waals surface area contributed by atoms with Crippen molar-refractivity contribution in [1.82, 2.24) is 0 Å². The Morgan fingerprint density at radius 2 is 1.88 bits per heavy atom. The zero-order valence-corrected chi connectivity index (χ0v) is 14.6. The Balaban J connectivity index is 2.07. The molecule has 0 atom stereocenters. The summed E-state index contributed by atoms with van der Waals surface area (Å²) in [5, 5.41) is 2.86. The van der Waals surface area contributed by atoms with Gasteiger partial charge < -0.3 is 14.8 Å². The summed E-state index contributed by atoms with van der Waals surface area (Å²) < 4.78 is 10.8. The molecule has 2 aromatic rings. The summed E-state index contributed by atoms with van der Waals surface area (Å²) in [4.78, 5) is 12.1. The number of hydrogen-bond acceptors (Lipinski definition) is 3. The number of aryl methyl sites for hydroxylation is 2. The molecule has 0 radical (unpaired) electrons. The molecule has 0 aliphatic heterocycles. The lowest BCUT2D eigenvalue weighted by Crippen LogP contribution is -2.07. The first-order valence-electron chi connectivity index (χ1n) is 7.90. The minimum atomic E-state index is -0.174. The molecule has 0 unspecified atom stereocenters. The summed E-state index contributed by atoms with van der Waals surface area (Å²) in [6.45, 7) is 6.53. The second-order valence-electron chi connectivity index (χ2n) is 5.46. The van der Waals surface area contributed by atoms with Gasteiger partial charge in [-0.25, -0.2) is 0 Å². The molecule has 0 aliphatic rings. The molecule has 1 N–H and O–H groups in total. The zero-order valence-electron chi connectivity index (χ0n) is 14.6. The highest BCUT2D eigenvalue weighted by Gasteiger charge is 2.04. The van der Waals surface area contributed by atoms with Crippen LogP contribution in [0, 0.1) is 13.8 Å². The van der Waals surface area contributed by atoms with Gasteiger partial charge in [-0.1, -0.05) is 12.1 Å². The Kier molecular flexibility index (Phi) is 6.01. The van der Waals surface area contributed by atoms with Gasteiger partial charge in [0.2, 0.25) is 5.91 Å². The predicted molar refractivity (Wildman–Crippen MR) is 97.7 cm³/mol. The Morgan fingerprint density at radius 3 is 2.54 bits per heavy atom. The number of hydrogen-bond donors (Lipinski definition) is 1. The largest absolute Gasteiger partial charge is 0.493 e. The summed E-state index contributed by atoms with van der Waals surface area (Å²) in [6, 6.07) is 11.4. The lowest BCUT2D eigenvalue weighted by molar-refractivity contribution is -0.111. The third-order valence-corrected chi connectivity index (χ3v) is 3.69. The smallest absolute Gasteiger partial charge is 0.248 e. The molecule has 0 saturated carbocycles. The zero-order chi connectivity index (χ0) is 17.5. The summed E-state index contributed by atoms with van der Waals surface area (Å²) in [5.41, 5.74) is 4.01. The Hall–Kier alpha value is -2.75. The minimum Gasteiger partial charge on any atom is -0.493 e. The average Bonchev–Trinajstić information content (AvgIpc) is 2.57. The average molecular weight is 325 g/mol. The first-order valence-corrected chi connectivity index (χ1v) is 7.90. The lowest BCUT2D eigenvalue weighted by Gasteiger charge is -2.09. The monoisotopic (exact) mass is 325 g/mol. The van der Waals surface area contributed by atoms with Crippen molar-refractivity contribution in [3.05, 3.63) is 59.2 Å². The third-order valence-electron chi connectivity index (χ3n) is 3.69. The van der Waals surface area contributed by atoms with Crippen LogP contribution in [0.3, 0.4) is 0 Å². The molecule has 0 heterocycles. The van der Waals surface area contributed by atoms with Crippen LogP contribution >= 0.6 is 0 Å². The van der Waals surface area contributed by atoms with Crippen molar-refractivity contribution < 1.29 is 14.3 Å². The van der Waals surface area contributed by atoms with E-state index in [1.54, 1.807) is 13.2 Å². The van der Waals surface area contributed by atoms with Crippen molar-refractivity contribution in [2.75, 3.05) is 19.0 Å². The second kappa shape index (κ2) is 8.20. The van der Waals surface area contributed by atoms with Gasteiger partial charge in [-0.3, -0.25) is 4.79 Å². The number of ether oxygens (including phenoxy) is 2. The molecule has 24 heavy (non-hydrogen) atoms. The molecule has 0 fully saturated rings. The van der Waals surface area contributed by atoms with Gasteiger partial charge in [-0.15, -0.1) is 0 Å². The van der Waals surface area contributed by atoms with Crippen LogP contribution in [-0.2, 0) is 4.79 Å². The molecule has 126 valence electrons. The molecule has 1 amide bonds. The molecule has 4 heteroatoms. The Labute approximate surface area is 143 Å². The molecule has 4 nitrogen and oxygen atoms in total. The van der Waals surface area contributed by atoms with Crippen LogP contribution in [0.1, 0.15) is 23.6 Å². The van der Waals surface area contributed by atoms with E-state index in [4.69, 9.17) is 9.47 Å². The van der Waals surface area contributed by atoms with Crippen molar-refractivity contribution in [1.29, 1.82) is 0 Å². The van der Waals surface area contributed by atoms with Crippen LogP contribution in [0.4, 0.5) is 5.69 Å². The molecule has 0 aromatic heterocycles. The highest BCUT2D eigenvalue weighted by Crippen LogP contribution is 2.28.